The van der Waals surface area contributed by atoms with E-state index in [-0.39, 0.29) is 6.10 Å². The fourth-order valence-corrected chi connectivity index (χ4v) is 1.97. The topological polar surface area (TPSA) is 45.1 Å². The molecule has 1 unspecified atom stereocenters. The number of hydrogen-bond acceptors (Lipinski definition) is 4. The number of aromatic nitrogens is 1. The van der Waals surface area contributed by atoms with E-state index in [0.29, 0.717) is 0 Å². The Hall–Kier alpha value is -0.610. The maximum Gasteiger partial charge on any atom is 0.182 e. The summed E-state index contributed by atoms with van der Waals surface area (Å²) in [6.45, 7) is 4.81. The maximum absolute atomic E-state index is 9.05. The van der Waals surface area contributed by atoms with Gasteiger partial charge in [0.1, 0.15) is 0 Å². The molecule has 1 atom stereocenters. The molecule has 1 heterocycles. The summed E-state index contributed by atoms with van der Waals surface area (Å²) in [7, 11) is 0. The summed E-state index contributed by atoms with van der Waals surface area (Å²) in [6.07, 6.45) is 2.63. The van der Waals surface area contributed by atoms with Crippen LogP contribution in [0.3, 0.4) is 0 Å². The summed E-state index contributed by atoms with van der Waals surface area (Å²) in [6, 6.07) is 0. The van der Waals surface area contributed by atoms with Crippen molar-refractivity contribution in [2.75, 3.05) is 11.9 Å². The molecule has 0 spiro atoms. The molecule has 1 rings (SSSR count). The van der Waals surface area contributed by atoms with Crippen LogP contribution in [0.4, 0.5) is 5.13 Å². The largest absolute Gasteiger partial charge is 0.393 e. The lowest BCUT2D eigenvalue weighted by Crippen LogP contribution is -2.06. The van der Waals surface area contributed by atoms with Crippen LogP contribution >= 0.6 is 11.3 Å². The second kappa shape index (κ2) is 5.98. The lowest BCUT2D eigenvalue weighted by atomic mass is 10.2. The minimum atomic E-state index is -0.195. The summed E-state index contributed by atoms with van der Waals surface area (Å²) >= 11 is 1.65. The van der Waals surface area contributed by atoms with Crippen molar-refractivity contribution in [1.29, 1.82) is 0 Å². The Balaban J connectivity index is 2.18. The van der Waals surface area contributed by atoms with Gasteiger partial charge in [-0.15, -0.1) is 11.3 Å². The van der Waals surface area contributed by atoms with Crippen LogP contribution in [0.1, 0.15) is 32.4 Å². The lowest BCUT2D eigenvalue weighted by molar-refractivity contribution is 0.183. The molecule has 4 heteroatoms. The molecule has 3 nitrogen and oxygen atoms in total. The molecular weight excluding hydrogens is 196 g/mol. The number of aliphatic hydroxyl groups excluding tert-OH is 1. The highest BCUT2D eigenvalue weighted by atomic mass is 32.1. The molecule has 0 saturated carbocycles. The van der Waals surface area contributed by atoms with Crippen molar-refractivity contribution in [1.82, 2.24) is 4.98 Å². The first kappa shape index (κ1) is 11.5. The second-order valence-electron chi connectivity index (χ2n) is 3.42. The number of nitrogens with one attached hydrogen (secondary N) is 1. The molecule has 0 aliphatic rings. The lowest BCUT2D eigenvalue weighted by Gasteiger charge is -2.04. The van der Waals surface area contributed by atoms with Gasteiger partial charge in [-0.3, -0.25) is 0 Å². The first-order valence-corrected chi connectivity index (χ1v) is 5.96. The molecule has 14 heavy (non-hydrogen) atoms. The average molecular weight is 214 g/mol. The molecule has 0 radical (unpaired) electrons. The van der Waals surface area contributed by atoms with E-state index in [2.05, 4.69) is 22.6 Å². The Morgan fingerprint density at radius 3 is 3.00 bits per heavy atom. The first-order valence-electron chi connectivity index (χ1n) is 5.08. The number of aryl methyl sites for hydroxylation is 1. The smallest absolute Gasteiger partial charge is 0.182 e. The van der Waals surface area contributed by atoms with Gasteiger partial charge in [-0.25, -0.2) is 4.98 Å². The minimum absolute atomic E-state index is 0.195. The van der Waals surface area contributed by atoms with Gasteiger partial charge in [0.2, 0.25) is 0 Å². The maximum atomic E-state index is 9.05. The van der Waals surface area contributed by atoms with Crippen LogP contribution in [0.2, 0.25) is 0 Å². The zero-order valence-corrected chi connectivity index (χ0v) is 9.60. The third-order valence-electron chi connectivity index (χ3n) is 1.99. The van der Waals surface area contributed by atoms with E-state index in [1.165, 1.54) is 0 Å². The highest BCUT2D eigenvalue weighted by molar-refractivity contribution is 7.13. The van der Waals surface area contributed by atoms with Gasteiger partial charge in [-0.1, -0.05) is 6.92 Å². The van der Waals surface area contributed by atoms with E-state index in [0.717, 1.165) is 36.6 Å². The van der Waals surface area contributed by atoms with Gasteiger partial charge in [-0.05, 0) is 26.2 Å². The summed E-state index contributed by atoms with van der Waals surface area (Å²) in [4.78, 5) is 4.39. The van der Waals surface area contributed by atoms with Crippen LogP contribution in [-0.4, -0.2) is 22.7 Å². The summed E-state index contributed by atoms with van der Waals surface area (Å²) in [5.41, 5.74) is 1.15. The standard InChI is InChI=1S/C10H18N2OS/c1-3-9-7-14-10(12-9)11-6-4-5-8(2)13/h7-8,13H,3-6H2,1-2H3,(H,11,12). The van der Waals surface area contributed by atoms with E-state index in [4.69, 9.17) is 5.11 Å². The van der Waals surface area contributed by atoms with Crippen molar-refractivity contribution >= 4 is 16.5 Å². The highest BCUT2D eigenvalue weighted by Crippen LogP contribution is 2.15. The Morgan fingerprint density at radius 1 is 1.64 bits per heavy atom. The molecule has 0 aliphatic carbocycles. The highest BCUT2D eigenvalue weighted by Gasteiger charge is 1.99. The molecular formula is C10H18N2OS. The zero-order valence-electron chi connectivity index (χ0n) is 8.79. The molecule has 0 saturated heterocycles. The van der Waals surface area contributed by atoms with Gasteiger partial charge in [0.25, 0.3) is 0 Å². The molecule has 0 amide bonds. The molecule has 2 N–H and O–H groups in total. The van der Waals surface area contributed by atoms with Crippen molar-refractivity contribution < 1.29 is 5.11 Å². The van der Waals surface area contributed by atoms with E-state index in [1.54, 1.807) is 11.3 Å². The predicted molar refractivity (Wildman–Crippen MR) is 60.9 cm³/mol. The fraction of sp³-hybridized carbons (Fsp3) is 0.700. The van der Waals surface area contributed by atoms with E-state index in [9.17, 15) is 0 Å². The number of thiazole rings is 1. The quantitative estimate of drug-likeness (QED) is 0.714. The van der Waals surface area contributed by atoms with Crippen molar-refractivity contribution in [2.24, 2.45) is 0 Å². The van der Waals surface area contributed by atoms with Gasteiger partial charge in [-0.2, -0.15) is 0 Å². The predicted octanol–water partition coefficient (Wildman–Crippen LogP) is 2.28. The van der Waals surface area contributed by atoms with Crippen LogP contribution in [0, 0.1) is 0 Å². The molecule has 0 aromatic carbocycles. The van der Waals surface area contributed by atoms with Gasteiger partial charge in [0, 0.05) is 11.9 Å². The van der Waals surface area contributed by atoms with Gasteiger partial charge in [0.15, 0.2) is 5.13 Å². The molecule has 0 aliphatic heterocycles. The van der Waals surface area contributed by atoms with Crippen LogP contribution < -0.4 is 5.32 Å². The minimum Gasteiger partial charge on any atom is -0.393 e. The third-order valence-corrected chi connectivity index (χ3v) is 2.84. The van der Waals surface area contributed by atoms with Crippen molar-refractivity contribution in [3.63, 3.8) is 0 Å². The molecule has 1 aromatic heterocycles. The number of rotatable bonds is 6. The van der Waals surface area contributed by atoms with E-state index >= 15 is 0 Å². The number of aliphatic hydroxyl groups is 1. The van der Waals surface area contributed by atoms with Crippen LogP contribution in [0.15, 0.2) is 5.38 Å². The molecule has 1 aromatic rings. The third kappa shape index (κ3) is 4.07. The monoisotopic (exact) mass is 214 g/mol. The van der Waals surface area contributed by atoms with Crippen molar-refractivity contribution in [3.05, 3.63) is 11.1 Å². The Morgan fingerprint density at radius 2 is 2.43 bits per heavy atom. The normalized spacial score (nSPS) is 12.8. The van der Waals surface area contributed by atoms with Crippen LogP contribution in [0.25, 0.3) is 0 Å². The van der Waals surface area contributed by atoms with Crippen LogP contribution in [0.5, 0.6) is 0 Å². The Bertz CT molecular complexity index is 260. The van der Waals surface area contributed by atoms with E-state index < -0.39 is 0 Å². The number of nitrogens with zero attached hydrogens (tertiary/aromatic N) is 1. The Kier molecular flexibility index (Phi) is 4.90. The summed E-state index contributed by atoms with van der Waals surface area (Å²) in [5.74, 6) is 0. The van der Waals surface area contributed by atoms with Crippen molar-refractivity contribution in [3.8, 4) is 0 Å². The fourth-order valence-electron chi connectivity index (χ4n) is 1.14. The SMILES string of the molecule is CCc1csc(NCCCC(C)O)n1. The summed E-state index contributed by atoms with van der Waals surface area (Å²) in [5, 5.41) is 15.4. The van der Waals surface area contributed by atoms with Gasteiger partial charge >= 0.3 is 0 Å². The van der Waals surface area contributed by atoms with Gasteiger partial charge < -0.3 is 10.4 Å². The Labute approximate surface area is 89.2 Å². The molecule has 0 fully saturated rings. The zero-order chi connectivity index (χ0) is 10.4. The second-order valence-corrected chi connectivity index (χ2v) is 4.27. The van der Waals surface area contributed by atoms with Crippen LogP contribution in [-0.2, 0) is 6.42 Å². The average Bonchev–Trinajstić information content (AvgIpc) is 2.60. The number of anilines is 1. The van der Waals surface area contributed by atoms with E-state index in [1.807, 2.05) is 6.92 Å². The summed E-state index contributed by atoms with van der Waals surface area (Å²) < 4.78 is 0. The molecule has 0 bridgehead atoms. The first-order chi connectivity index (χ1) is 6.72. The van der Waals surface area contributed by atoms with Crippen molar-refractivity contribution in [2.45, 2.75) is 39.2 Å². The number of hydrogen-bond donors (Lipinski definition) is 2. The molecule has 80 valence electrons. The van der Waals surface area contributed by atoms with Gasteiger partial charge in [0.05, 0.1) is 11.8 Å².